The number of rotatable bonds is 3. The zero-order chi connectivity index (χ0) is 15.7. The van der Waals surface area contributed by atoms with Gasteiger partial charge in [-0.1, -0.05) is 0 Å². The van der Waals surface area contributed by atoms with Crippen molar-refractivity contribution in [2.24, 2.45) is 0 Å². The van der Waals surface area contributed by atoms with Gasteiger partial charge < -0.3 is 9.47 Å². The molecule has 1 rings (SSSR count). The van der Waals surface area contributed by atoms with E-state index in [1.165, 1.54) is 0 Å². The van der Waals surface area contributed by atoms with Crippen LogP contribution in [-0.2, 0) is 6.18 Å². The molecule has 0 aromatic carbocycles. The number of hydrogen-bond acceptors (Lipinski definition) is 5. The lowest BCUT2D eigenvalue weighted by Gasteiger charge is -2.14. The molecule has 0 atom stereocenters. The number of pyridine rings is 1. The quantitative estimate of drug-likeness (QED) is 0.487. The van der Waals surface area contributed by atoms with Crippen molar-refractivity contribution in [3.63, 3.8) is 0 Å². The second kappa shape index (κ2) is 5.02. The number of methoxy groups -OCH3 is 1. The Morgan fingerprint density at radius 1 is 1.25 bits per heavy atom. The average Bonchev–Trinajstić information content (AvgIpc) is 2.24. The Morgan fingerprint density at radius 3 is 2.15 bits per heavy atom. The van der Waals surface area contributed by atoms with E-state index in [0.29, 0.717) is 7.11 Å². The number of hydrogen-bond donors (Lipinski definition) is 0. The first kappa shape index (κ1) is 15.8. The fourth-order valence-electron chi connectivity index (χ4n) is 1.24. The van der Waals surface area contributed by atoms with Crippen LogP contribution in [0, 0.1) is 10.1 Å². The minimum atomic E-state index is -5.28. The Kier molecular flexibility index (Phi) is 3.96. The van der Waals surface area contributed by atoms with Gasteiger partial charge in [-0.15, -0.1) is 13.2 Å². The van der Waals surface area contributed by atoms with Crippen LogP contribution in [-0.4, -0.2) is 23.4 Å². The molecule has 112 valence electrons. The molecule has 0 spiro atoms. The molecule has 0 aliphatic rings. The third kappa shape index (κ3) is 3.39. The molecule has 0 fully saturated rings. The topological polar surface area (TPSA) is 74.5 Å². The monoisotopic (exact) mass is 306 g/mol. The Labute approximate surface area is 106 Å². The number of aromatic nitrogens is 1. The lowest BCUT2D eigenvalue weighted by atomic mass is 10.2. The molecule has 0 N–H and O–H groups in total. The molecule has 1 heterocycles. The number of alkyl halides is 6. The van der Waals surface area contributed by atoms with Crippen molar-refractivity contribution >= 4 is 5.69 Å². The average molecular weight is 306 g/mol. The predicted octanol–water partition coefficient (Wildman–Crippen LogP) is 2.92. The van der Waals surface area contributed by atoms with Crippen LogP contribution < -0.4 is 9.47 Å². The van der Waals surface area contributed by atoms with Crippen LogP contribution in [0.5, 0.6) is 11.5 Å². The van der Waals surface area contributed by atoms with E-state index < -0.39 is 40.3 Å². The molecule has 6 nitrogen and oxygen atoms in total. The SMILES string of the molecule is COc1c(OC(F)(F)F)cnc(C(F)(F)F)c1[N+](=O)[O-]. The van der Waals surface area contributed by atoms with Gasteiger partial charge in [-0.05, 0) is 0 Å². The van der Waals surface area contributed by atoms with E-state index in [-0.39, 0.29) is 6.20 Å². The lowest BCUT2D eigenvalue weighted by molar-refractivity contribution is -0.389. The molecule has 0 bridgehead atoms. The summed E-state index contributed by atoms with van der Waals surface area (Å²) in [4.78, 5) is 11.6. The number of nitrogens with zero attached hydrogens (tertiary/aromatic N) is 2. The van der Waals surface area contributed by atoms with Crippen LogP contribution in [0.25, 0.3) is 0 Å². The van der Waals surface area contributed by atoms with Crippen molar-refractivity contribution < 1.29 is 40.7 Å². The molecule has 0 amide bonds. The van der Waals surface area contributed by atoms with Crippen LogP contribution in [0.4, 0.5) is 32.0 Å². The van der Waals surface area contributed by atoms with Gasteiger partial charge in [0.15, 0.2) is 5.75 Å². The van der Waals surface area contributed by atoms with E-state index in [9.17, 15) is 36.5 Å². The highest BCUT2D eigenvalue weighted by molar-refractivity contribution is 5.58. The molecule has 0 radical (unpaired) electrons. The van der Waals surface area contributed by atoms with Gasteiger partial charge in [0.1, 0.15) is 0 Å². The normalized spacial score (nSPS) is 12.2. The number of ether oxygens (including phenoxy) is 2. The first-order valence-corrected chi connectivity index (χ1v) is 4.51. The summed E-state index contributed by atoms with van der Waals surface area (Å²) in [5.74, 6) is -2.67. The molecule has 1 aromatic rings. The lowest BCUT2D eigenvalue weighted by Crippen LogP contribution is -2.19. The molecular weight excluding hydrogens is 302 g/mol. The van der Waals surface area contributed by atoms with Gasteiger partial charge in [0, 0.05) is 0 Å². The van der Waals surface area contributed by atoms with Gasteiger partial charge >= 0.3 is 18.2 Å². The summed E-state index contributed by atoms with van der Waals surface area (Å²) in [6, 6.07) is 0. The van der Waals surface area contributed by atoms with Gasteiger partial charge in [0.2, 0.25) is 11.4 Å². The number of halogens is 6. The zero-order valence-electron chi connectivity index (χ0n) is 9.37. The maximum absolute atomic E-state index is 12.5. The first-order chi connectivity index (χ1) is 8.97. The molecule has 20 heavy (non-hydrogen) atoms. The van der Waals surface area contributed by atoms with Crippen LogP contribution in [0.3, 0.4) is 0 Å². The van der Waals surface area contributed by atoms with Crippen molar-refractivity contribution in [3.8, 4) is 11.5 Å². The zero-order valence-corrected chi connectivity index (χ0v) is 9.37. The van der Waals surface area contributed by atoms with Crippen LogP contribution in [0.1, 0.15) is 5.69 Å². The van der Waals surface area contributed by atoms with Gasteiger partial charge in [0.05, 0.1) is 18.2 Å². The molecule has 0 unspecified atom stereocenters. The van der Waals surface area contributed by atoms with Crippen molar-refractivity contribution in [1.29, 1.82) is 0 Å². The van der Waals surface area contributed by atoms with E-state index in [1.54, 1.807) is 0 Å². The molecule has 12 heteroatoms. The largest absolute Gasteiger partial charge is 0.573 e. The van der Waals surface area contributed by atoms with E-state index in [2.05, 4.69) is 14.5 Å². The van der Waals surface area contributed by atoms with Crippen molar-refractivity contribution in [1.82, 2.24) is 4.98 Å². The second-order valence-corrected chi connectivity index (χ2v) is 3.16. The summed E-state index contributed by atoms with van der Waals surface area (Å²) in [6.07, 6.45) is -10.5. The van der Waals surface area contributed by atoms with Crippen LogP contribution >= 0.6 is 0 Å². The van der Waals surface area contributed by atoms with Crippen LogP contribution in [0.2, 0.25) is 0 Å². The fraction of sp³-hybridized carbons (Fsp3) is 0.375. The number of nitro groups is 1. The third-order valence-electron chi connectivity index (χ3n) is 1.85. The maximum atomic E-state index is 12.5. The highest BCUT2D eigenvalue weighted by atomic mass is 19.4. The Bertz CT molecular complexity index is 527. The summed E-state index contributed by atoms with van der Waals surface area (Å²) in [5, 5.41) is 10.6. The minimum absolute atomic E-state index is 0.0438. The molecule has 0 saturated heterocycles. The summed E-state index contributed by atoms with van der Waals surface area (Å²) < 4.78 is 81.1. The van der Waals surface area contributed by atoms with Crippen LogP contribution in [0.15, 0.2) is 6.20 Å². The summed E-state index contributed by atoms with van der Waals surface area (Å²) in [5.41, 5.74) is -3.75. The smallest absolute Gasteiger partial charge is 0.487 e. The van der Waals surface area contributed by atoms with E-state index in [1.807, 2.05) is 0 Å². The fourth-order valence-corrected chi connectivity index (χ4v) is 1.24. The standard InChI is InChI=1S/C8H4F6N2O4/c1-19-5-3(20-8(12,13)14)2-15-6(7(9,10)11)4(5)16(17)18/h2H,1H3. The Balaban J connectivity index is 3.54. The van der Waals surface area contributed by atoms with E-state index >= 15 is 0 Å². The highest BCUT2D eigenvalue weighted by Gasteiger charge is 2.45. The van der Waals surface area contributed by atoms with Gasteiger partial charge in [-0.2, -0.15) is 13.2 Å². The van der Waals surface area contributed by atoms with E-state index in [0.717, 1.165) is 0 Å². The van der Waals surface area contributed by atoms with Crippen molar-refractivity contribution in [3.05, 3.63) is 22.0 Å². The summed E-state index contributed by atoms with van der Waals surface area (Å²) in [7, 11) is 0.658. The summed E-state index contributed by atoms with van der Waals surface area (Å²) >= 11 is 0. The Morgan fingerprint density at radius 2 is 1.80 bits per heavy atom. The molecule has 0 saturated carbocycles. The van der Waals surface area contributed by atoms with Gasteiger partial charge in [-0.25, -0.2) is 4.98 Å². The van der Waals surface area contributed by atoms with E-state index in [4.69, 9.17) is 0 Å². The summed E-state index contributed by atoms with van der Waals surface area (Å²) in [6.45, 7) is 0. The minimum Gasteiger partial charge on any atom is -0.487 e. The van der Waals surface area contributed by atoms with Crippen molar-refractivity contribution in [2.45, 2.75) is 12.5 Å². The third-order valence-corrected chi connectivity index (χ3v) is 1.85. The maximum Gasteiger partial charge on any atom is 0.573 e. The first-order valence-electron chi connectivity index (χ1n) is 4.51. The van der Waals surface area contributed by atoms with Gasteiger partial charge in [0.25, 0.3) is 0 Å². The highest BCUT2D eigenvalue weighted by Crippen LogP contribution is 2.45. The molecular formula is C8H4F6N2O4. The Hall–Kier alpha value is -2.27. The van der Waals surface area contributed by atoms with Gasteiger partial charge in [-0.3, -0.25) is 10.1 Å². The van der Waals surface area contributed by atoms with Crippen molar-refractivity contribution in [2.75, 3.05) is 7.11 Å². The molecule has 0 aliphatic heterocycles. The molecule has 0 aliphatic carbocycles. The predicted molar refractivity (Wildman–Crippen MR) is 49.1 cm³/mol. The molecule has 1 aromatic heterocycles. The second-order valence-electron chi connectivity index (χ2n) is 3.16.